The van der Waals surface area contributed by atoms with Gasteiger partial charge in [0.05, 0.1) is 11.3 Å². The number of aliphatic carboxylic acids is 1. The van der Waals surface area contributed by atoms with Crippen LogP contribution in [0.5, 0.6) is 5.75 Å². The molecule has 4 aromatic rings. The van der Waals surface area contributed by atoms with Gasteiger partial charge in [-0.1, -0.05) is 61.5 Å². The largest absolute Gasteiger partial charge is 0.492 e. The Hall–Kier alpha value is -4.37. The number of rotatable bonds is 17. The number of halogens is 2. The maximum absolute atomic E-state index is 12.2. The number of nitriles is 2. The van der Waals surface area contributed by atoms with E-state index in [1.54, 1.807) is 11.3 Å². The molecule has 5 rings (SSSR count). The molecule has 0 radical (unpaired) electrons. The van der Waals surface area contributed by atoms with Crippen molar-refractivity contribution in [3.8, 4) is 39.6 Å². The Balaban J connectivity index is 0.00000627. The number of thiazole rings is 1. The summed E-state index contributed by atoms with van der Waals surface area (Å²) in [7, 11) is 0. The van der Waals surface area contributed by atoms with E-state index in [1.807, 2.05) is 67.8 Å². The fraction of sp³-hybridized carbons (Fsp3) is 0.368. The van der Waals surface area contributed by atoms with E-state index in [0.717, 1.165) is 42.2 Å². The Kier molecular flexibility index (Phi) is 15.8. The Bertz CT molecular complexity index is 1940. The summed E-state index contributed by atoms with van der Waals surface area (Å²) in [5, 5.41) is 40.0. The second-order valence-corrected chi connectivity index (χ2v) is 14.9. The molecule has 1 saturated heterocycles. The number of hydrogen-bond donors (Lipinski definition) is 3. The van der Waals surface area contributed by atoms with Crippen LogP contribution in [0.3, 0.4) is 0 Å². The highest BCUT2D eigenvalue weighted by atomic mass is 35.5. The van der Waals surface area contributed by atoms with Gasteiger partial charge >= 0.3 is 5.97 Å². The molecule has 1 aliphatic rings. The third-order valence-electron chi connectivity index (χ3n) is 8.33. The molecule has 3 N–H and O–H groups in total. The fourth-order valence-electron chi connectivity index (χ4n) is 5.80. The highest BCUT2D eigenvalue weighted by molar-refractivity contribution is 7.98. The van der Waals surface area contributed by atoms with Crippen LogP contribution in [0.4, 0.5) is 5.82 Å². The number of benzene rings is 2. The first-order valence-corrected chi connectivity index (χ1v) is 19.3. The monoisotopic (exact) mass is 793 g/mol. The van der Waals surface area contributed by atoms with E-state index in [1.165, 1.54) is 11.8 Å². The lowest BCUT2D eigenvalue weighted by molar-refractivity contribution is -0.142. The second-order valence-electron chi connectivity index (χ2n) is 12.7. The summed E-state index contributed by atoms with van der Waals surface area (Å²) in [6.45, 7) is 6.60. The zero-order chi connectivity index (χ0) is 37.0. The first-order valence-electron chi connectivity index (χ1n) is 17.1. The maximum Gasteiger partial charge on any atom is 0.326 e. The third kappa shape index (κ3) is 11.3. The highest BCUT2D eigenvalue weighted by Crippen LogP contribution is 2.40. The van der Waals surface area contributed by atoms with Crippen molar-refractivity contribution in [2.45, 2.75) is 56.4 Å². The van der Waals surface area contributed by atoms with Crippen molar-refractivity contribution in [1.29, 1.82) is 10.5 Å². The molecule has 53 heavy (non-hydrogen) atoms. The van der Waals surface area contributed by atoms with E-state index < -0.39 is 12.0 Å². The van der Waals surface area contributed by atoms with Gasteiger partial charge in [-0.3, -0.25) is 4.79 Å². The number of carbonyl (C=O) groups excluding carboxylic acids is 1. The molecule has 0 spiro atoms. The molecule has 1 atom stereocenters. The molecule has 1 fully saturated rings. The maximum atomic E-state index is 12.2. The topological polar surface area (TPSA) is 164 Å². The van der Waals surface area contributed by atoms with Crippen molar-refractivity contribution < 1.29 is 19.4 Å². The van der Waals surface area contributed by atoms with Gasteiger partial charge in [-0.2, -0.15) is 10.5 Å². The van der Waals surface area contributed by atoms with E-state index in [2.05, 4.69) is 27.7 Å². The minimum absolute atomic E-state index is 0. The zero-order valence-corrected chi connectivity index (χ0v) is 32.6. The number of hydrogen-bond acceptors (Lipinski definition) is 11. The first kappa shape index (κ1) is 41.4. The van der Waals surface area contributed by atoms with Gasteiger partial charge in [0.1, 0.15) is 52.0 Å². The summed E-state index contributed by atoms with van der Waals surface area (Å²) >= 11 is 9.04. The van der Waals surface area contributed by atoms with Crippen molar-refractivity contribution in [3.63, 3.8) is 0 Å². The molecule has 0 unspecified atom stereocenters. The zero-order valence-electron chi connectivity index (χ0n) is 29.4. The molecule has 3 heterocycles. The number of carboxylic acids is 1. The molecule has 278 valence electrons. The molecule has 15 heteroatoms. The number of ether oxygens (including phenoxy) is 1. The van der Waals surface area contributed by atoms with E-state index in [9.17, 15) is 25.2 Å². The van der Waals surface area contributed by atoms with Gasteiger partial charge in [-0.25, -0.2) is 14.8 Å². The average Bonchev–Trinajstić information content (AvgIpc) is 3.85. The van der Waals surface area contributed by atoms with Crippen LogP contribution in [0.15, 0.2) is 58.9 Å². The normalized spacial score (nSPS) is 12.8. The number of nitrogens with one attached hydrogen (secondary N) is 2. The van der Waals surface area contributed by atoms with Gasteiger partial charge in [0.25, 0.3) is 0 Å². The summed E-state index contributed by atoms with van der Waals surface area (Å²) in [6, 6.07) is 18.7. The van der Waals surface area contributed by atoms with Gasteiger partial charge in [0.2, 0.25) is 5.91 Å². The second kappa shape index (κ2) is 20.2. The lowest BCUT2D eigenvalue weighted by Crippen LogP contribution is -2.42. The molecule has 2 aromatic carbocycles. The predicted molar refractivity (Wildman–Crippen MR) is 212 cm³/mol. The van der Waals surface area contributed by atoms with E-state index in [0.29, 0.717) is 75.7 Å². The smallest absolute Gasteiger partial charge is 0.326 e. The summed E-state index contributed by atoms with van der Waals surface area (Å²) in [6.07, 6.45) is 2.54. The lowest BCUT2D eigenvalue weighted by atomic mass is 9.96. The number of carbonyl (C=O) groups is 2. The third-order valence-corrected chi connectivity index (χ3v) is 10.5. The number of nitrogens with zero attached hydrogens (tertiary/aromatic N) is 5. The van der Waals surface area contributed by atoms with Crippen molar-refractivity contribution >= 4 is 64.8 Å². The molecule has 11 nitrogen and oxygen atoms in total. The average molecular weight is 795 g/mol. The van der Waals surface area contributed by atoms with Crippen LogP contribution in [0.1, 0.15) is 56.4 Å². The number of anilines is 1. The number of carboxylic acid groups (broad SMARTS) is 1. The molecule has 2 aromatic heterocycles. The molecular formula is C38H41Cl2N7O4S2. The molecule has 1 amide bonds. The Labute approximate surface area is 329 Å². The number of thioether (sulfide) groups is 1. The van der Waals surface area contributed by atoms with Gasteiger partial charge in [-0.05, 0) is 55.0 Å². The Morgan fingerprint density at radius 1 is 1.02 bits per heavy atom. The Morgan fingerprint density at radius 2 is 1.70 bits per heavy atom. The van der Waals surface area contributed by atoms with Crippen molar-refractivity contribution in [1.82, 2.24) is 20.6 Å². The predicted octanol–water partition coefficient (Wildman–Crippen LogP) is 7.56. The van der Waals surface area contributed by atoms with Crippen molar-refractivity contribution in [2.75, 3.05) is 37.7 Å². The number of pyridine rings is 1. The summed E-state index contributed by atoms with van der Waals surface area (Å²) in [4.78, 5) is 35.5. The molecular weight excluding hydrogens is 754 g/mol. The van der Waals surface area contributed by atoms with Crippen LogP contribution in [0.2, 0.25) is 5.02 Å². The van der Waals surface area contributed by atoms with E-state index >= 15 is 0 Å². The van der Waals surface area contributed by atoms with Crippen LogP contribution >= 0.6 is 47.1 Å². The standard InChI is InChI=1S/C38H40ClN7O4S2.ClH/c1-24(2)19-32(38(48)49)44-33(47)13-14-42-15-18-50-29-11-7-25(8-12-29)34-30(20-40)35(46-16-3-4-17-46)45-37(31(34)21-41)52-23-28-22-51-36(43-28)26-5-9-27(39)10-6-26;/h5-12,22,24,32,42H,3-4,13-19,23H2,1-2H3,(H,44,47)(H,48,49);1H/t32-;/m0./s1. The lowest BCUT2D eigenvalue weighted by Gasteiger charge is -2.22. The molecule has 0 bridgehead atoms. The molecule has 0 saturated carbocycles. The molecule has 0 aliphatic carbocycles. The van der Waals surface area contributed by atoms with Crippen LogP contribution < -0.4 is 20.3 Å². The van der Waals surface area contributed by atoms with Gasteiger partial charge in [-0.15, -0.1) is 23.7 Å². The summed E-state index contributed by atoms with van der Waals surface area (Å²) in [5.41, 5.74) is 3.84. The van der Waals surface area contributed by atoms with Crippen LogP contribution in [-0.2, 0) is 15.3 Å². The van der Waals surface area contributed by atoms with Gasteiger partial charge in [0, 0.05) is 59.9 Å². The molecule has 1 aliphatic heterocycles. The van der Waals surface area contributed by atoms with Gasteiger partial charge in [0.15, 0.2) is 0 Å². The SMILES string of the molecule is CC(C)C[C@H](NC(=O)CCNCCOc1ccc(-c2c(C#N)c(SCc3csc(-c4ccc(Cl)cc4)n3)nc(N3CCCC3)c2C#N)cc1)C(=O)O.Cl. The fourth-order valence-corrected chi connectivity index (χ4v) is 7.73. The first-order chi connectivity index (χ1) is 25.2. The van der Waals surface area contributed by atoms with E-state index in [4.69, 9.17) is 26.3 Å². The van der Waals surface area contributed by atoms with Crippen molar-refractivity contribution in [3.05, 3.63) is 75.8 Å². The van der Waals surface area contributed by atoms with Crippen LogP contribution in [0.25, 0.3) is 21.7 Å². The van der Waals surface area contributed by atoms with Gasteiger partial charge < -0.3 is 25.4 Å². The minimum atomic E-state index is -1.03. The summed E-state index contributed by atoms with van der Waals surface area (Å²) < 4.78 is 5.90. The Morgan fingerprint density at radius 3 is 2.34 bits per heavy atom. The minimum Gasteiger partial charge on any atom is -0.492 e. The number of amides is 1. The van der Waals surface area contributed by atoms with Crippen molar-refractivity contribution in [2.24, 2.45) is 5.92 Å². The quantitative estimate of drug-likeness (QED) is 0.0714. The van der Waals surface area contributed by atoms with E-state index in [-0.39, 0.29) is 30.7 Å². The number of aromatic nitrogens is 2. The summed E-state index contributed by atoms with van der Waals surface area (Å²) in [5.74, 6) is 0.508. The highest BCUT2D eigenvalue weighted by Gasteiger charge is 2.26. The van der Waals surface area contributed by atoms with Crippen LogP contribution in [-0.4, -0.2) is 65.8 Å². The van der Waals surface area contributed by atoms with Crippen LogP contribution in [0, 0.1) is 28.6 Å².